The summed E-state index contributed by atoms with van der Waals surface area (Å²) in [7, 11) is 0. The van der Waals surface area contributed by atoms with E-state index in [0.717, 1.165) is 50.5 Å². The van der Waals surface area contributed by atoms with Gasteiger partial charge in [0.15, 0.2) is 0 Å². The number of ether oxygens (including phenoxy) is 1. The van der Waals surface area contributed by atoms with Gasteiger partial charge in [-0.25, -0.2) is 4.79 Å². The van der Waals surface area contributed by atoms with Crippen molar-refractivity contribution in [3.8, 4) is 0 Å². The second kappa shape index (κ2) is 5.74. The van der Waals surface area contributed by atoms with E-state index >= 15 is 0 Å². The minimum absolute atomic E-state index is 0.0445. The predicted octanol–water partition coefficient (Wildman–Crippen LogP) is 3.23. The third-order valence-corrected chi connectivity index (χ3v) is 10.2. The Morgan fingerprint density at radius 3 is 2.66 bits per heavy atom. The number of epoxide rings is 1. The van der Waals surface area contributed by atoms with Gasteiger partial charge < -0.3 is 19.4 Å². The highest BCUT2D eigenvalue weighted by Crippen LogP contribution is 2.77. The van der Waals surface area contributed by atoms with Gasteiger partial charge in [-0.2, -0.15) is 0 Å². The second-order valence-electron chi connectivity index (χ2n) is 11.1. The SMILES string of the molecule is C[C@]12CC[C@@H](O)C[C@H]1C[C@H](O)[C@@H]1[C@@H]2CC[C@]2(C)[C@@H](c3ccc(=O)oc3)C[C@H]3O[C@]132. The van der Waals surface area contributed by atoms with Crippen molar-refractivity contribution in [2.24, 2.45) is 28.6 Å². The number of aliphatic hydroxyl groups excluding tert-OH is 2. The van der Waals surface area contributed by atoms with Gasteiger partial charge in [-0.05, 0) is 79.7 Å². The first kappa shape index (κ1) is 18.6. The molecule has 0 unspecified atom stereocenters. The molecule has 4 saturated carbocycles. The third kappa shape index (κ3) is 2.19. The molecule has 5 aliphatic rings. The fourth-order valence-corrected chi connectivity index (χ4v) is 8.70. The highest BCUT2D eigenvalue weighted by atomic mass is 16.6. The summed E-state index contributed by atoms with van der Waals surface area (Å²) >= 11 is 0. The third-order valence-electron chi connectivity index (χ3n) is 10.2. The molecule has 29 heavy (non-hydrogen) atoms. The van der Waals surface area contributed by atoms with Crippen molar-refractivity contribution < 1.29 is 19.4 Å². The number of fused-ring (bicyclic) bond motifs is 3. The quantitative estimate of drug-likeness (QED) is 0.707. The van der Waals surface area contributed by atoms with Crippen LogP contribution in [0.2, 0.25) is 0 Å². The lowest BCUT2D eigenvalue weighted by molar-refractivity contribution is -0.182. The van der Waals surface area contributed by atoms with Crippen LogP contribution in [0.25, 0.3) is 0 Å². The lowest BCUT2D eigenvalue weighted by atomic mass is 9.43. The number of hydrogen-bond acceptors (Lipinski definition) is 5. The van der Waals surface area contributed by atoms with Gasteiger partial charge in [0.2, 0.25) is 0 Å². The Bertz CT molecular complexity index is 875. The van der Waals surface area contributed by atoms with Gasteiger partial charge in [-0.15, -0.1) is 0 Å². The standard InChI is InChI=1S/C24H32O5/c1-22-7-5-15(25)9-14(22)10-18(26)21-16(22)6-8-23(2)17(11-19-24(21,23)29-19)13-3-4-20(27)28-12-13/h3-4,12,14-19,21,25-26H,5-11H2,1-2H3/t14-,15+,16-,17+,18-,19+,21-,22-,23+,24-/m0/s1. The summed E-state index contributed by atoms with van der Waals surface area (Å²) in [6.07, 6.45) is 7.94. The van der Waals surface area contributed by atoms with E-state index in [1.807, 2.05) is 6.07 Å². The molecule has 2 heterocycles. The average molecular weight is 401 g/mol. The first-order chi connectivity index (χ1) is 13.8. The average Bonchev–Trinajstić information content (AvgIpc) is 3.34. The van der Waals surface area contributed by atoms with Crippen molar-refractivity contribution in [3.63, 3.8) is 0 Å². The van der Waals surface area contributed by atoms with Crippen LogP contribution in [-0.4, -0.2) is 34.1 Å². The normalized spacial score (nSPS) is 55.4. The van der Waals surface area contributed by atoms with Gasteiger partial charge in [0.05, 0.1) is 24.6 Å². The summed E-state index contributed by atoms with van der Waals surface area (Å²) in [5.74, 6) is 1.33. The maximum absolute atomic E-state index is 11.5. The highest BCUT2D eigenvalue weighted by molar-refractivity contribution is 5.35. The summed E-state index contributed by atoms with van der Waals surface area (Å²) in [6.45, 7) is 4.76. The Kier molecular flexibility index (Phi) is 3.68. The van der Waals surface area contributed by atoms with E-state index in [4.69, 9.17) is 9.15 Å². The van der Waals surface area contributed by atoms with E-state index in [1.54, 1.807) is 6.26 Å². The Morgan fingerprint density at radius 2 is 1.90 bits per heavy atom. The molecule has 0 aromatic carbocycles. The van der Waals surface area contributed by atoms with Crippen LogP contribution in [-0.2, 0) is 4.74 Å². The van der Waals surface area contributed by atoms with Crippen LogP contribution in [0.4, 0.5) is 0 Å². The maximum atomic E-state index is 11.5. The Morgan fingerprint density at radius 1 is 1.07 bits per heavy atom. The molecule has 1 aliphatic heterocycles. The molecule has 5 nitrogen and oxygen atoms in total. The fraction of sp³-hybridized carbons (Fsp3) is 0.792. The molecule has 5 heteroatoms. The fourth-order valence-electron chi connectivity index (χ4n) is 8.70. The lowest BCUT2D eigenvalue weighted by Crippen LogP contribution is -2.62. The van der Waals surface area contributed by atoms with E-state index in [9.17, 15) is 15.0 Å². The molecule has 5 fully saturated rings. The van der Waals surface area contributed by atoms with Crippen LogP contribution in [0.1, 0.15) is 70.3 Å². The molecule has 0 amide bonds. The zero-order chi connectivity index (χ0) is 20.2. The lowest BCUT2D eigenvalue weighted by Gasteiger charge is -2.62. The summed E-state index contributed by atoms with van der Waals surface area (Å²) in [5.41, 5.74) is 0.679. The molecule has 158 valence electrons. The van der Waals surface area contributed by atoms with Gasteiger partial charge in [-0.1, -0.05) is 13.8 Å². The Labute approximate surface area is 171 Å². The highest BCUT2D eigenvalue weighted by Gasteiger charge is 2.81. The molecule has 1 aromatic heterocycles. The van der Waals surface area contributed by atoms with Crippen LogP contribution < -0.4 is 5.63 Å². The summed E-state index contributed by atoms with van der Waals surface area (Å²) < 4.78 is 11.7. The van der Waals surface area contributed by atoms with Crippen LogP contribution in [0.15, 0.2) is 27.6 Å². The Hall–Kier alpha value is -1.17. The van der Waals surface area contributed by atoms with Gasteiger partial charge in [0.25, 0.3) is 0 Å². The van der Waals surface area contributed by atoms with E-state index in [1.165, 1.54) is 6.07 Å². The molecule has 1 saturated heterocycles. The van der Waals surface area contributed by atoms with Gasteiger partial charge >= 0.3 is 5.63 Å². The predicted molar refractivity (Wildman–Crippen MR) is 106 cm³/mol. The number of aliphatic hydroxyl groups is 2. The number of hydrogen-bond donors (Lipinski definition) is 2. The molecular weight excluding hydrogens is 368 g/mol. The van der Waals surface area contributed by atoms with Crippen molar-refractivity contribution in [1.82, 2.24) is 0 Å². The minimum Gasteiger partial charge on any atom is -0.431 e. The maximum Gasteiger partial charge on any atom is 0.335 e. The molecule has 2 N–H and O–H groups in total. The van der Waals surface area contributed by atoms with Crippen molar-refractivity contribution in [1.29, 1.82) is 0 Å². The van der Waals surface area contributed by atoms with Crippen molar-refractivity contribution in [3.05, 3.63) is 34.4 Å². The molecular formula is C24H32O5. The summed E-state index contributed by atoms with van der Waals surface area (Å²) in [6, 6.07) is 3.44. The second-order valence-corrected chi connectivity index (χ2v) is 11.1. The van der Waals surface area contributed by atoms with E-state index < -0.39 is 0 Å². The molecule has 0 radical (unpaired) electrons. The van der Waals surface area contributed by atoms with Crippen LogP contribution in [0.5, 0.6) is 0 Å². The van der Waals surface area contributed by atoms with Crippen LogP contribution in [0.3, 0.4) is 0 Å². The summed E-state index contributed by atoms with van der Waals surface area (Å²) in [4.78, 5) is 11.5. The first-order valence-corrected chi connectivity index (χ1v) is 11.4. The van der Waals surface area contributed by atoms with E-state index in [0.29, 0.717) is 17.8 Å². The zero-order valence-electron chi connectivity index (χ0n) is 17.3. The monoisotopic (exact) mass is 400 g/mol. The van der Waals surface area contributed by atoms with E-state index in [2.05, 4.69) is 13.8 Å². The molecule has 10 atom stereocenters. The van der Waals surface area contributed by atoms with Gasteiger partial charge in [0, 0.05) is 17.4 Å². The summed E-state index contributed by atoms with van der Waals surface area (Å²) in [5, 5.41) is 21.6. The van der Waals surface area contributed by atoms with Crippen molar-refractivity contribution in [2.45, 2.75) is 88.6 Å². The molecule has 6 rings (SSSR count). The number of rotatable bonds is 1. The smallest absolute Gasteiger partial charge is 0.335 e. The molecule has 0 bridgehead atoms. The van der Waals surface area contributed by atoms with Crippen molar-refractivity contribution >= 4 is 0 Å². The van der Waals surface area contributed by atoms with Gasteiger partial charge in [0.1, 0.15) is 5.60 Å². The largest absolute Gasteiger partial charge is 0.431 e. The topological polar surface area (TPSA) is 83.2 Å². The molecule has 1 spiro atoms. The van der Waals surface area contributed by atoms with Gasteiger partial charge in [-0.3, -0.25) is 0 Å². The van der Waals surface area contributed by atoms with Crippen molar-refractivity contribution in [2.75, 3.05) is 0 Å². The van der Waals surface area contributed by atoms with Crippen LogP contribution >= 0.6 is 0 Å². The molecule has 1 aromatic rings. The van der Waals surface area contributed by atoms with Crippen LogP contribution in [0, 0.1) is 28.6 Å². The van der Waals surface area contributed by atoms with E-state index in [-0.39, 0.29) is 46.3 Å². The molecule has 4 aliphatic carbocycles. The minimum atomic E-state index is -0.361. The Balaban J connectivity index is 1.39. The zero-order valence-corrected chi connectivity index (χ0v) is 17.3. The first-order valence-electron chi connectivity index (χ1n) is 11.4.